The number of ether oxygens (including phenoxy) is 1. The van der Waals surface area contributed by atoms with Gasteiger partial charge in [-0.05, 0) is 62.9 Å². The van der Waals surface area contributed by atoms with Gasteiger partial charge in [-0.3, -0.25) is 9.52 Å². The highest BCUT2D eigenvalue weighted by atomic mass is 35.5. The van der Waals surface area contributed by atoms with Crippen molar-refractivity contribution in [2.75, 3.05) is 22.8 Å². The van der Waals surface area contributed by atoms with Crippen molar-refractivity contribution in [1.82, 2.24) is 0 Å². The van der Waals surface area contributed by atoms with Crippen LogP contribution in [0.5, 0.6) is 5.75 Å². The Morgan fingerprint density at radius 1 is 1.16 bits per heavy atom. The molecule has 1 heterocycles. The number of halogens is 2. The first-order valence-corrected chi connectivity index (χ1v) is 12.6. The van der Waals surface area contributed by atoms with Crippen molar-refractivity contribution >= 4 is 50.5 Å². The maximum atomic E-state index is 13.1. The van der Waals surface area contributed by atoms with Gasteiger partial charge < -0.3 is 9.64 Å². The zero-order valence-corrected chi connectivity index (χ0v) is 21.2. The van der Waals surface area contributed by atoms with Crippen molar-refractivity contribution < 1.29 is 17.9 Å². The highest BCUT2D eigenvalue weighted by Crippen LogP contribution is 2.39. The highest BCUT2D eigenvalue weighted by molar-refractivity contribution is 7.92. The van der Waals surface area contributed by atoms with Gasteiger partial charge in [0.2, 0.25) is 5.91 Å². The quantitative estimate of drug-likeness (QED) is 0.537. The van der Waals surface area contributed by atoms with Crippen LogP contribution in [0, 0.1) is 18.3 Å². The Kier molecular flexibility index (Phi) is 7.03. The smallest absolute Gasteiger partial charge is 0.263 e. The predicted octanol–water partition coefficient (Wildman–Crippen LogP) is 5.90. The third-order valence-electron chi connectivity index (χ3n) is 5.35. The lowest BCUT2D eigenvalue weighted by Crippen LogP contribution is -2.42. The predicted molar refractivity (Wildman–Crippen MR) is 130 cm³/mol. The van der Waals surface area contributed by atoms with Crippen LogP contribution in [0.15, 0.2) is 35.2 Å². The van der Waals surface area contributed by atoms with Crippen molar-refractivity contribution in [2.24, 2.45) is 11.3 Å². The summed E-state index contributed by atoms with van der Waals surface area (Å²) in [6, 6.07) is 7.77. The van der Waals surface area contributed by atoms with Gasteiger partial charge in [0.15, 0.2) is 0 Å². The number of fused-ring (bicyclic) bond motifs is 1. The van der Waals surface area contributed by atoms with Crippen molar-refractivity contribution in [2.45, 2.75) is 45.9 Å². The summed E-state index contributed by atoms with van der Waals surface area (Å²) < 4.78 is 34.5. The molecule has 0 saturated carbocycles. The summed E-state index contributed by atoms with van der Waals surface area (Å²) in [4.78, 5) is 14.8. The number of carbonyl (C=O) groups excluding carboxylic acids is 1. The van der Waals surface area contributed by atoms with Gasteiger partial charge in [-0.25, -0.2) is 8.42 Å². The second kappa shape index (κ2) is 9.12. The number of sulfonamides is 1. The van der Waals surface area contributed by atoms with Gasteiger partial charge in [0.25, 0.3) is 10.0 Å². The Hall–Kier alpha value is -1.96. The molecule has 174 valence electrons. The van der Waals surface area contributed by atoms with E-state index in [9.17, 15) is 13.2 Å². The minimum atomic E-state index is -3.96. The average Bonchev–Trinajstić information content (AvgIpc) is 2.78. The molecule has 1 N–H and O–H groups in total. The topological polar surface area (TPSA) is 75.7 Å². The Morgan fingerprint density at radius 2 is 1.84 bits per heavy atom. The number of rotatable bonds is 6. The first-order valence-electron chi connectivity index (χ1n) is 10.4. The van der Waals surface area contributed by atoms with E-state index in [1.807, 2.05) is 13.8 Å². The van der Waals surface area contributed by atoms with E-state index in [4.69, 9.17) is 27.9 Å². The third kappa shape index (κ3) is 5.16. The zero-order chi connectivity index (χ0) is 23.8. The monoisotopic (exact) mass is 498 g/mol. The number of nitrogens with one attached hydrogen (secondary N) is 1. The molecule has 0 radical (unpaired) electrons. The van der Waals surface area contributed by atoms with Crippen LogP contribution in [0.3, 0.4) is 0 Å². The molecule has 1 amide bonds. The van der Waals surface area contributed by atoms with E-state index in [0.29, 0.717) is 40.2 Å². The molecular formula is C23H28Cl2N2O4S. The molecule has 1 aliphatic rings. The fourth-order valence-corrected chi connectivity index (χ4v) is 5.25. The molecule has 0 atom stereocenters. The number of hydrogen-bond donors (Lipinski definition) is 1. The van der Waals surface area contributed by atoms with Gasteiger partial charge in [-0.2, -0.15) is 0 Å². The number of nitrogens with zero attached hydrogens (tertiary/aromatic N) is 1. The SMILES string of the molecule is Cc1cc(S(=O)(=O)Nc2ccc3c(c2)OCC(C)(C)C(=O)N3CCC(C)C)c(Cl)cc1Cl. The lowest BCUT2D eigenvalue weighted by molar-refractivity contribution is -0.127. The second-order valence-corrected chi connectivity index (χ2v) is 11.6. The number of carbonyl (C=O) groups is 1. The first-order chi connectivity index (χ1) is 14.8. The molecule has 1 aliphatic heterocycles. The van der Waals surface area contributed by atoms with Gasteiger partial charge in [0, 0.05) is 17.6 Å². The summed E-state index contributed by atoms with van der Waals surface area (Å²) in [6.07, 6.45) is 0.837. The largest absolute Gasteiger partial charge is 0.490 e. The van der Waals surface area contributed by atoms with Crippen LogP contribution in [-0.2, 0) is 14.8 Å². The third-order valence-corrected chi connectivity index (χ3v) is 7.60. The molecule has 3 rings (SSSR count). The molecule has 2 aromatic carbocycles. The Labute approximate surface area is 199 Å². The van der Waals surface area contributed by atoms with E-state index < -0.39 is 15.4 Å². The van der Waals surface area contributed by atoms with Gasteiger partial charge in [-0.1, -0.05) is 37.0 Å². The van der Waals surface area contributed by atoms with Gasteiger partial charge in [0.1, 0.15) is 17.3 Å². The fraction of sp³-hybridized carbons (Fsp3) is 0.435. The average molecular weight is 499 g/mol. The van der Waals surface area contributed by atoms with Crippen LogP contribution in [0.2, 0.25) is 10.0 Å². The fourth-order valence-electron chi connectivity index (χ4n) is 3.37. The van der Waals surface area contributed by atoms with Crippen LogP contribution >= 0.6 is 23.2 Å². The molecule has 0 saturated heterocycles. The Balaban J connectivity index is 1.96. The van der Waals surface area contributed by atoms with E-state index in [1.54, 1.807) is 30.0 Å². The van der Waals surface area contributed by atoms with E-state index in [1.165, 1.54) is 12.1 Å². The summed E-state index contributed by atoms with van der Waals surface area (Å²) >= 11 is 12.2. The van der Waals surface area contributed by atoms with E-state index in [2.05, 4.69) is 18.6 Å². The molecule has 0 spiro atoms. The van der Waals surface area contributed by atoms with Gasteiger partial charge in [0.05, 0.1) is 21.8 Å². The number of anilines is 2. The molecule has 0 aliphatic carbocycles. The summed E-state index contributed by atoms with van der Waals surface area (Å²) in [6.45, 7) is 10.4. The van der Waals surface area contributed by atoms with E-state index in [0.717, 1.165) is 6.42 Å². The van der Waals surface area contributed by atoms with Crippen LogP contribution in [0.1, 0.15) is 39.7 Å². The molecule has 0 unspecified atom stereocenters. The summed E-state index contributed by atoms with van der Waals surface area (Å²) in [5.41, 5.74) is 0.834. The lowest BCUT2D eigenvalue weighted by atomic mass is 9.92. The molecule has 0 fully saturated rings. The maximum Gasteiger partial charge on any atom is 0.263 e. The molecule has 9 heteroatoms. The molecule has 6 nitrogen and oxygen atoms in total. The van der Waals surface area contributed by atoms with E-state index in [-0.39, 0.29) is 22.4 Å². The van der Waals surface area contributed by atoms with Crippen molar-refractivity contribution in [1.29, 1.82) is 0 Å². The van der Waals surface area contributed by atoms with Crippen LogP contribution in [0.25, 0.3) is 0 Å². The highest BCUT2D eigenvalue weighted by Gasteiger charge is 2.37. The minimum absolute atomic E-state index is 0.0198. The molecular weight excluding hydrogens is 471 g/mol. The van der Waals surface area contributed by atoms with Crippen LogP contribution in [0.4, 0.5) is 11.4 Å². The first kappa shape index (κ1) is 24.7. The molecule has 0 bridgehead atoms. The van der Waals surface area contributed by atoms with Crippen molar-refractivity contribution in [3.05, 3.63) is 45.9 Å². The normalized spacial score (nSPS) is 15.9. The molecule has 2 aromatic rings. The lowest BCUT2D eigenvalue weighted by Gasteiger charge is -2.28. The van der Waals surface area contributed by atoms with Gasteiger partial charge in [-0.15, -0.1) is 0 Å². The number of aryl methyl sites for hydroxylation is 1. The minimum Gasteiger partial charge on any atom is -0.490 e. The maximum absolute atomic E-state index is 13.1. The number of benzene rings is 2. The Bertz CT molecular complexity index is 1150. The second-order valence-electron chi connectivity index (χ2n) is 9.13. The van der Waals surface area contributed by atoms with Crippen molar-refractivity contribution in [3.63, 3.8) is 0 Å². The standard InChI is InChI=1S/C23H28Cl2N2O4S/c1-14(2)8-9-27-19-7-6-16(11-20(19)31-13-23(4,5)22(27)28)26-32(29,30)21-10-15(3)17(24)12-18(21)25/h6-7,10-12,14,26H,8-9,13H2,1-5H3. The summed E-state index contributed by atoms with van der Waals surface area (Å²) in [5.74, 6) is 0.858. The van der Waals surface area contributed by atoms with Gasteiger partial charge >= 0.3 is 0 Å². The molecule has 32 heavy (non-hydrogen) atoms. The van der Waals surface area contributed by atoms with Crippen LogP contribution < -0.4 is 14.4 Å². The number of amides is 1. The molecule has 0 aromatic heterocycles. The van der Waals surface area contributed by atoms with E-state index >= 15 is 0 Å². The zero-order valence-electron chi connectivity index (χ0n) is 18.8. The summed E-state index contributed by atoms with van der Waals surface area (Å²) in [7, 11) is -3.96. The van der Waals surface area contributed by atoms with Crippen LogP contribution in [-0.4, -0.2) is 27.5 Å². The van der Waals surface area contributed by atoms with Crippen molar-refractivity contribution in [3.8, 4) is 5.75 Å². The summed E-state index contributed by atoms with van der Waals surface area (Å²) in [5, 5.41) is 0.424. The Morgan fingerprint density at radius 3 is 2.50 bits per heavy atom. The number of hydrogen-bond acceptors (Lipinski definition) is 4.